The summed E-state index contributed by atoms with van der Waals surface area (Å²) in [6.07, 6.45) is 0. The van der Waals surface area contributed by atoms with Crippen molar-refractivity contribution in [2.45, 2.75) is 12.1 Å². The van der Waals surface area contributed by atoms with Gasteiger partial charge in [-0.25, -0.2) is 0 Å². The van der Waals surface area contributed by atoms with Gasteiger partial charge in [0.05, 0.1) is 11.1 Å². The van der Waals surface area contributed by atoms with Gasteiger partial charge in [-0.05, 0) is 19.2 Å². The van der Waals surface area contributed by atoms with Gasteiger partial charge >= 0.3 is 0 Å². The van der Waals surface area contributed by atoms with E-state index in [1.807, 2.05) is 19.2 Å². The van der Waals surface area contributed by atoms with Gasteiger partial charge in [0.25, 0.3) is 0 Å². The smallest absolute Gasteiger partial charge is 0.152 e. The molecule has 0 saturated carbocycles. The summed E-state index contributed by atoms with van der Waals surface area (Å²) >= 11 is 6.23. The fourth-order valence-corrected chi connectivity index (χ4v) is 3.92. The van der Waals surface area contributed by atoms with Crippen LogP contribution in [0.15, 0.2) is 28.7 Å². The number of piperazine rings is 3. The average molecular weight is 306 g/mol. The van der Waals surface area contributed by atoms with E-state index < -0.39 is 0 Å². The quantitative estimate of drug-likeness (QED) is 0.943. The number of fused-ring (bicyclic) bond motifs is 4. The van der Waals surface area contributed by atoms with Crippen molar-refractivity contribution >= 4 is 22.6 Å². The molecule has 2 atom stereocenters. The molecule has 0 amide bonds. The summed E-state index contributed by atoms with van der Waals surface area (Å²) in [6.45, 7) is 5.81. The summed E-state index contributed by atoms with van der Waals surface area (Å²) in [6, 6.07) is 8.70. The number of nitrogens with zero attached hydrogens (tertiary/aromatic N) is 2. The van der Waals surface area contributed by atoms with E-state index in [0.717, 1.165) is 36.4 Å². The third kappa shape index (κ3) is 2.27. The van der Waals surface area contributed by atoms with Crippen molar-refractivity contribution in [3.05, 3.63) is 35.0 Å². The zero-order valence-electron chi connectivity index (χ0n) is 12.2. The van der Waals surface area contributed by atoms with Crippen molar-refractivity contribution in [1.82, 2.24) is 15.1 Å². The maximum atomic E-state index is 6.23. The van der Waals surface area contributed by atoms with Gasteiger partial charge in [0, 0.05) is 44.2 Å². The second-order valence-corrected chi connectivity index (χ2v) is 6.38. The summed E-state index contributed by atoms with van der Waals surface area (Å²) < 4.78 is 6.07. The van der Waals surface area contributed by atoms with Gasteiger partial charge in [0.15, 0.2) is 5.58 Å². The molecule has 1 aromatic heterocycles. The number of likely N-dealkylation sites (N-methyl/N-ethyl adjacent to an activating group) is 1. The zero-order chi connectivity index (χ0) is 14.4. The lowest BCUT2D eigenvalue weighted by Crippen LogP contribution is -2.63. The van der Waals surface area contributed by atoms with E-state index in [1.165, 1.54) is 13.1 Å². The van der Waals surface area contributed by atoms with Crippen molar-refractivity contribution in [3.8, 4) is 0 Å². The number of benzene rings is 1. The highest BCUT2D eigenvalue weighted by atomic mass is 35.5. The highest BCUT2D eigenvalue weighted by Crippen LogP contribution is 2.33. The van der Waals surface area contributed by atoms with E-state index in [9.17, 15) is 0 Å². The third-order valence-electron chi connectivity index (χ3n) is 4.84. The predicted molar refractivity (Wildman–Crippen MR) is 84.8 cm³/mol. The molecule has 5 heteroatoms. The Morgan fingerprint density at radius 1 is 1.29 bits per heavy atom. The van der Waals surface area contributed by atoms with Gasteiger partial charge in [-0.1, -0.05) is 23.7 Å². The van der Waals surface area contributed by atoms with E-state index in [2.05, 4.69) is 27.2 Å². The van der Waals surface area contributed by atoms with Crippen LogP contribution in [-0.2, 0) is 0 Å². The van der Waals surface area contributed by atoms with Crippen LogP contribution in [0.1, 0.15) is 11.8 Å². The molecular formula is C16H20ClN3O. The van der Waals surface area contributed by atoms with E-state index in [4.69, 9.17) is 16.0 Å². The molecule has 2 unspecified atom stereocenters. The number of nitrogens with one attached hydrogen (secondary N) is 1. The Kier molecular flexibility index (Phi) is 3.42. The van der Waals surface area contributed by atoms with Crippen LogP contribution in [0.2, 0.25) is 5.02 Å². The minimum atomic E-state index is 0.205. The van der Waals surface area contributed by atoms with Gasteiger partial charge in [-0.2, -0.15) is 0 Å². The number of hydrogen-bond donors (Lipinski definition) is 1. The zero-order valence-corrected chi connectivity index (χ0v) is 12.9. The monoisotopic (exact) mass is 305 g/mol. The summed E-state index contributed by atoms with van der Waals surface area (Å²) in [5.41, 5.74) is 0.797. The SMILES string of the molecule is CNC(c1cc2cccc(Cl)c2o1)C1CN2CCN1CC2. The second-order valence-electron chi connectivity index (χ2n) is 5.98. The fraction of sp³-hybridized carbons (Fsp3) is 0.500. The number of hydrogen-bond acceptors (Lipinski definition) is 4. The highest BCUT2D eigenvalue weighted by Gasteiger charge is 2.38. The normalized spacial score (nSPS) is 29.9. The largest absolute Gasteiger partial charge is 0.458 e. The molecule has 1 N–H and O–H groups in total. The first-order chi connectivity index (χ1) is 10.3. The third-order valence-corrected chi connectivity index (χ3v) is 5.14. The van der Waals surface area contributed by atoms with Crippen LogP contribution < -0.4 is 5.32 Å². The molecule has 3 aliphatic rings. The Morgan fingerprint density at radius 3 is 2.71 bits per heavy atom. The van der Waals surface area contributed by atoms with Gasteiger partial charge in [-0.15, -0.1) is 0 Å². The van der Waals surface area contributed by atoms with Crippen molar-refractivity contribution < 1.29 is 4.42 Å². The summed E-state index contributed by atoms with van der Waals surface area (Å²) in [5.74, 6) is 0.986. The molecule has 0 aliphatic carbocycles. The molecule has 2 bridgehead atoms. The first-order valence-electron chi connectivity index (χ1n) is 7.58. The maximum Gasteiger partial charge on any atom is 0.152 e. The molecule has 3 fully saturated rings. The molecule has 1 aromatic carbocycles. The lowest BCUT2D eigenvalue weighted by atomic mass is 9.98. The van der Waals surface area contributed by atoms with Crippen LogP contribution >= 0.6 is 11.6 Å². The van der Waals surface area contributed by atoms with Crippen molar-refractivity contribution in [2.24, 2.45) is 0 Å². The lowest BCUT2D eigenvalue weighted by Gasteiger charge is -2.49. The molecule has 4 nitrogen and oxygen atoms in total. The van der Waals surface area contributed by atoms with Gasteiger partial charge in [-0.3, -0.25) is 9.80 Å². The molecule has 4 heterocycles. The molecule has 112 valence electrons. The lowest BCUT2D eigenvalue weighted by molar-refractivity contribution is -0.00544. The molecule has 3 saturated heterocycles. The Morgan fingerprint density at radius 2 is 2.10 bits per heavy atom. The average Bonchev–Trinajstić information content (AvgIpc) is 2.95. The van der Waals surface area contributed by atoms with Gasteiger partial charge in [0.1, 0.15) is 5.76 Å². The van der Waals surface area contributed by atoms with Crippen LogP contribution in [0.4, 0.5) is 0 Å². The summed E-state index contributed by atoms with van der Waals surface area (Å²) in [7, 11) is 2.01. The first kappa shape index (κ1) is 13.6. The van der Waals surface area contributed by atoms with Gasteiger partial charge in [0.2, 0.25) is 0 Å². The van der Waals surface area contributed by atoms with Crippen LogP contribution in [0.3, 0.4) is 0 Å². The maximum absolute atomic E-state index is 6.23. The highest BCUT2D eigenvalue weighted by molar-refractivity contribution is 6.34. The van der Waals surface area contributed by atoms with Gasteiger partial charge < -0.3 is 9.73 Å². The van der Waals surface area contributed by atoms with Crippen molar-refractivity contribution in [2.75, 3.05) is 39.8 Å². The fourth-order valence-electron chi connectivity index (χ4n) is 3.70. The predicted octanol–water partition coefficient (Wildman–Crippen LogP) is 2.35. The van der Waals surface area contributed by atoms with E-state index in [1.54, 1.807) is 0 Å². The van der Waals surface area contributed by atoms with Crippen molar-refractivity contribution in [3.63, 3.8) is 0 Å². The molecule has 0 spiro atoms. The Hall–Kier alpha value is -1.07. The van der Waals surface area contributed by atoms with Crippen LogP contribution in [0, 0.1) is 0 Å². The van der Waals surface area contributed by atoms with E-state index in [-0.39, 0.29) is 6.04 Å². The topological polar surface area (TPSA) is 31.7 Å². The molecule has 2 aromatic rings. The minimum absolute atomic E-state index is 0.205. The number of furan rings is 1. The minimum Gasteiger partial charge on any atom is -0.458 e. The Labute approximate surface area is 129 Å². The number of rotatable bonds is 3. The Bertz CT molecular complexity index is 648. The summed E-state index contributed by atoms with van der Waals surface area (Å²) in [4.78, 5) is 5.13. The van der Waals surface area contributed by atoms with Crippen LogP contribution in [0.5, 0.6) is 0 Å². The standard InChI is InChI=1S/C16H20ClN3O/c1-18-15(13-10-19-5-7-20(13)8-6-19)14-9-11-3-2-4-12(17)16(11)21-14/h2-4,9,13,15,18H,5-8,10H2,1H3. The molecule has 3 aliphatic heterocycles. The molecule has 5 rings (SSSR count). The summed E-state index contributed by atoms with van der Waals surface area (Å²) in [5, 5.41) is 5.21. The first-order valence-corrected chi connectivity index (χ1v) is 7.95. The van der Waals surface area contributed by atoms with E-state index in [0.29, 0.717) is 11.1 Å². The Balaban J connectivity index is 1.69. The number of halogens is 1. The number of para-hydroxylation sites is 1. The van der Waals surface area contributed by atoms with Crippen LogP contribution in [-0.4, -0.2) is 55.6 Å². The molecule has 0 radical (unpaired) electrons. The second kappa shape index (κ2) is 5.29. The van der Waals surface area contributed by atoms with Crippen molar-refractivity contribution in [1.29, 1.82) is 0 Å². The van der Waals surface area contributed by atoms with E-state index >= 15 is 0 Å². The van der Waals surface area contributed by atoms with Crippen LogP contribution in [0.25, 0.3) is 11.0 Å². The molecule has 21 heavy (non-hydrogen) atoms. The molecular weight excluding hydrogens is 286 g/mol.